The highest BCUT2D eigenvalue weighted by Gasteiger charge is 2.08. The van der Waals surface area contributed by atoms with Gasteiger partial charge in [0.05, 0.1) is 0 Å². The zero-order valence-corrected chi connectivity index (χ0v) is 7.64. The molecule has 0 aliphatic carbocycles. The molecule has 0 aliphatic heterocycles. The van der Waals surface area contributed by atoms with Gasteiger partial charge >= 0.3 is 0 Å². The van der Waals surface area contributed by atoms with Gasteiger partial charge in [-0.1, -0.05) is 11.2 Å². The van der Waals surface area contributed by atoms with Crippen molar-refractivity contribution in [2.24, 2.45) is 0 Å². The van der Waals surface area contributed by atoms with Gasteiger partial charge in [-0.25, -0.2) is 4.98 Å². The number of nitrogens with zero attached hydrogens (tertiary/aromatic N) is 3. The average Bonchev–Trinajstić information content (AvgIpc) is 2.66. The molecule has 14 heavy (non-hydrogen) atoms. The molecular formula is C9H9N3O2. The molecule has 0 aliphatic rings. The third-order valence-electron chi connectivity index (χ3n) is 1.72. The van der Waals surface area contributed by atoms with E-state index in [0.717, 1.165) is 5.69 Å². The molecular weight excluding hydrogens is 182 g/mol. The maximum atomic E-state index is 8.75. The molecule has 0 saturated carbocycles. The van der Waals surface area contributed by atoms with Crippen LogP contribution in [0.5, 0.6) is 0 Å². The van der Waals surface area contributed by atoms with Gasteiger partial charge in [-0.3, -0.25) is 0 Å². The lowest BCUT2D eigenvalue weighted by Crippen LogP contribution is -1.87. The van der Waals surface area contributed by atoms with E-state index in [2.05, 4.69) is 15.1 Å². The normalized spacial score (nSPS) is 10.4. The summed E-state index contributed by atoms with van der Waals surface area (Å²) in [6.07, 6.45) is 0. The standard InChI is InChI=1S/C9H9N3O2/c1-6-3-2-4-7(10-6)9-11-8(5-13)12-14-9/h2-4,13H,5H2,1H3. The van der Waals surface area contributed by atoms with Crippen LogP contribution in [-0.4, -0.2) is 20.2 Å². The van der Waals surface area contributed by atoms with E-state index in [9.17, 15) is 0 Å². The zero-order chi connectivity index (χ0) is 9.97. The van der Waals surface area contributed by atoms with E-state index >= 15 is 0 Å². The number of rotatable bonds is 2. The molecule has 2 aromatic rings. The van der Waals surface area contributed by atoms with Gasteiger partial charge in [-0.15, -0.1) is 0 Å². The molecule has 5 heteroatoms. The highest BCUT2D eigenvalue weighted by atomic mass is 16.5. The third kappa shape index (κ3) is 1.62. The lowest BCUT2D eigenvalue weighted by molar-refractivity contribution is 0.264. The van der Waals surface area contributed by atoms with E-state index in [-0.39, 0.29) is 12.4 Å². The van der Waals surface area contributed by atoms with E-state index in [1.165, 1.54) is 0 Å². The fourth-order valence-corrected chi connectivity index (χ4v) is 1.08. The van der Waals surface area contributed by atoms with Crippen LogP contribution in [-0.2, 0) is 6.61 Å². The van der Waals surface area contributed by atoms with Crippen molar-refractivity contribution in [1.29, 1.82) is 0 Å². The van der Waals surface area contributed by atoms with Crippen molar-refractivity contribution in [1.82, 2.24) is 15.1 Å². The number of aliphatic hydroxyl groups is 1. The highest BCUT2D eigenvalue weighted by molar-refractivity contribution is 5.46. The van der Waals surface area contributed by atoms with Crippen molar-refractivity contribution >= 4 is 0 Å². The van der Waals surface area contributed by atoms with Gasteiger partial charge in [0.2, 0.25) is 0 Å². The SMILES string of the molecule is Cc1cccc(-c2nc(CO)no2)n1. The van der Waals surface area contributed by atoms with Crippen molar-refractivity contribution in [2.75, 3.05) is 0 Å². The first kappa shape index (κ1) is 8.83. The molecule has 2 heterocycles. The molecule has 0 amide bonds. The molecule has 0 bridgehead atoms. The first-order chi connectivity index (χ1) is 6.79. The van der Waals surface area contributed by atoms with Crippen LogP contribution >= 0.6 is 0 Å². The average molecular weight is 191 g/mol. The number of aryl methyl sites for hydroxylation is 1. The minimum atomic E-state index is -0.227. The first-order valence-electron chi connectivity index (χ1n) is 4.17. The van der Waals surface area contributed by atoms with Crippen molar-refractivity contribution in [3.63, 3.8) is 0 Å². The van der Waals surface area contributed by atoms with Gasteiger partial charge in [0.15, 0.2) is 5.82 Å². The summed E-state index contributed by atoms with van der Waals surface area (Å²) in [5.41, 5.74) is 1.50. The summed E-state index contributed by atoms with van der Waals surface area (Å²) in [7, 11) is 0. The monoisotopic (exact) mass is 191 g/mol. The fourth-order valence-electron chi connectivity index (χ4n) is 1.08. The van der Waals surface area contributed by atoms with E-state index in [0.29, 0.717) is 11.6 Å². The Morgan fingerprint density at radius 3 is 2.86 bits per heavy atom. The Labute approximate surface area is 80.4 Å². The molecule has 0 aromatic carbocycles. The largest absolute Gasteiger partial charge is 0.388 e. The lowest BCUT2D eigenvalue weighted by Gasteiger charge is -1.93. The van der Waals surface area contributed by atoms with Crippen molar-refractivity contribution in [3.8, 4) is 11.6 Å². The fraction of sp³-hybridized carbons (Fsp3) is 0.222. The number of pyridine rings is 1. The van der Waals surface area contributed by atoms with Crippen LogP contribution in [0.3, 0.4) is 0 Å². The second-order valence-corrected chi connectivity index (χ2v) is 2.84. The first-order valence-corrected chi connectivity index (χ1v) is 4.17. The summed E-state index contributed by atoms with van der Waals surface area (Å²) in [6, 6.07) is 5.52. The smallest absolute Gasteiger partial charge is 0.276 e. The van der Waals surface area contributed by atoms with E-state index < -0.39 is 0 Å². The van der Waals surface area contributed by atoms with Crippen LogP contribution in [0.2, 0.25) is 0 Å². The van der Waals surface area contributed by atoms with Gasteiger partial charge in [-0.2, -0.15) is 4.98 Å². The Morgan fingerprint density at radius 2 is 2.21 bits per heavy atom. The molecule has 1 N–H and O–H groups in total. The molecule has 5 nitrogen and oxygen atoms in total. The summed E-state index contributed by atoms with van der Waals surface area (Å²) < 4.78 is 4.91. The maximum Gasteiger partial charge on any atom is 0.276 e. The second kappa shape index (κ2) is 3.55. The minimum Gasteiger partial charge on any atom is -0.388 e. The Kier molecular flexibility index (Phi) is 2.24. The predicted molar refractivity (Wildman–Crippen MR) is 48.2 cm³/mol. The van der Waals surface area contributed by atoms with Crippen molar-refractivity contribution < 1.29 is 9.63 Å². The van der Waals surface area contributed by atoms with Crippen molar-refractivity contribution in [3.05, 3.63) is 29.7 Å². The topological polar surface area (TPSA) is 72.0 Å². The van der Waals surface area contributed by atoms with E-state index in [4.69, 9.17) is 9.63 Å². The van der Waals surface area contributed by atoms with E-state index in [1.807, 2.05) is 19.1 Å². The second-order valence-electron chi connectivity index (χ2n) is 2.84. The van der Waals surface area contributed by atoms with Gasteiger partial charge in [0, 0.05) is 5.69 Å². The van der Waals surface area contributed by atoms with Crippen LogP contribution in [0.25, 0.3) is 11.6 Å². The predicted octanol–water partition coefficient (Wildman–Crippen LogP) is 0.932. The zero-order valence-electron chi connectivity index (χ0n) is 7.64. The molecule has 0 saturated heterocycles. The van der Waals surface area contributed by atoms with Crippen LogP contribution < -0.4 is 0 Å². The van der Waals surface area contributed by atoms with Gasteiger partial charge in [0.1, 0.15) is 12.3 Å². The number of aromatic nitrogens is 3. The summed E-state index contributed by atoms with van der Waals surface area (Å²) in [6.45, 7) is 1.65. The van der Waals surface area contributed by atoms with Gasteiger partial charge in [0.25, 0.3) is 5.89 Å². The minimum absolute atomic E-state index is 0.227. The highest BCUT2D eigenvalue weighted by Crippen LogP contribution is 2.14. The third-order valence-corrected chi connectivity index (χ3v) is 1.72. The molecule has 2 rings (SSSR count). The van der Waals surface area contributed by atoms with E-state index in [1.54, 1.807) is 6.07 Å². The molecule has 0 atom stereocenters. The Balaban J connectivity index is 2.39. The Bertz CT molecular complexity index is 439. The molecule has 72 valence electrons. The maximum absolute atomic E-state index is 8.75. The summed E-state index contributed by atoms with van der Waals surface area (Å²) in [5, 5.41) is 12.3. The molecule has 0 spiro atoms. The summed E-state index contributed by atoms with van der Waals surface area (Å²) >= 11 is 0. The summed E-state index contributed by atoms with van der Waals surface area (Å²) in [4.78, 5) is 8.16. The lowest BCUT2D eigenvalue weighted by atomic mass is 10.3. The Hall–Kier alpha value is -1.75. The molecule has 2 aromatic heterocycles. The number of hydrogen-bond acceptors (Lipinski definition) is 5. The molecule has 0 radical (unpaired) electrons. The number of aliphatic hydroxyl groups excluding tert-OH is 1. The van der Waals surface area contributed by atoms with Crippen LogP contribution in [0.15, 0.2) is 22.7 Å². The Morgan fingerprint density at radius 1 is 1.36 bits per heavy atom. The van der Waals surface area contributed by atoms with Gasteiger partial charge < -0.3 is 9.63 Å². The number of hydrogen-bond donors (Lipinski definition) is 1. The van der Waals surface area contributed by atoms with Gasteiger partial charge in [-0.05, 0) is 19.1 Å². The molecule has 0 fully saturated rings. The van der Waals surface area contributed by atoms with Crippen molar-refractivity contribution in [2.45, 2.75) is 13.5 Å². The summed E-state index contributed by atoms with van der Waals surface area (Å²) in [5.74, 6) is 0.598. The van der Waals surface area contributed by atoms with Crippen LogP contribution in [0, 0.1) is 6.92 Å². The quantitative estimate of drug-likeness (QED) is 0.764. The molecule has 0 unspecified atom stereocenters. The van der Waals surface area contributed by atoms with Crippen LogP contribution in [0.4, 0.5) is 0 Å². The van der Waals surface area contributed by atoms with Crippen LogP contribution in [0.1, 0.15) is 11.5 Å².